The van der Waals surface area contributed by atoms with E-state index < -0.39 is 6.36 Å². The lowest BCUT2D eigenvalue weighted by Gasteiger charge is -2.26. The Kier molecular flexibility index (Phi) is 4.69. The van der Waals surface area contributed by atoms with Gasteiger partial charge in [-0.1, -0.05) is 0 Å². The highest BCUT2D eigenvalue weighted by Crippen LogP contribution is 2.29. The molecule has 0 atom stereocenters. The molecular weight excluding hydrogens is 391 g/mol. The first-order valence-corrected chi connectivity index (χ1v) is 8.91. The standard InChI is InChI=1S/C18H18F3N5O3/c1-10-7-12(29-18(19,20)21)8-11(2)14(10)26-9-13-15(24-26)22-17(23-16(13)27)25-3-5-28-6-4-25/h7-9H,3-6H2,1-2H3,(H,22,23,24,27). The average molecular weight is 409 g/mol. The van der Waals surface area contributed by atoms with Crippen LogP contribution < -0.4 is 15.2 Å². The molecule has 1 saturated heterocycles. The zero-order valence-electron chi connectivity index (χ0n) is 15.7. The third kappa shape index (κ3) is 3.90. The summed E-state index contributed by atoms with van der Waals surface area (Å²) in [6, 6.07) is 2.55. The first-order valence-electron chi connectivity index (χ1n) is 8.91. The minimum absolute atomic E-state index is 0.254. The van der Waals surface area contributed by atoms with Crippen LogP contribution in [0, 0.1) is 13.8 Å². The van der Waals surface area contributed by atoms with Crippen molar-refractivity contribution >= 4 is 17.0 Å². The highest BCUT2D eigenvalue weighted by atomic mass is 19.4. The van der Waals surface area contributed by atoms with E-state index in [1.165, 1.54) is 23.0 Å². The fourth-order valence-corrected chi connectivity index (χ4v) is 3.41. The molecule has 1 fully saturated rings. The number of rotatable bonds is 3. The minimum atomic E-state index is -4.77. The highest BCUT2D eigenvalue weighted by molar-refractivity contribution is 5.75. The lowest BCUT2D eigenvalue weighted by Crippen LogP contribution is -2.38. The summed E-state index contributed by atoms with van der Waals surface area (Å²) in [5.41, 5.74) is 1.51. The van der Waals surface area contributed by atoms with Crippen molar-refractivity contribution in [2.45, 2.75) is 20.2 Å². The normalized spacial score (nSPS) is 15.1. The molecule has 154 valence electrons. The zero-order chi connectivity index (χ0) is 20.8. The number of fused-ring (bicyclic) bond motifs is 1. The monoisotopic (exact) mass is 409 g/mol. The van der Waals surface area contributed by atoms with Gasteiger partial charge in [-0.15, -0.1) is 18.3 Å². The lowest BCUT2D eigenvalue weighted by molar-refractivity contribution is -0.274. The van der Waals surface area contributed by atoms with Crippen molar-refractivity contribution in [3.63, 3.8) is 0 Å². The average Bonchev–Trinajstić information content (AvgIpc) is 3.04. The molecule has 0 radical (unpaired) electrons. The Balaban J connectivity index is 1.75. The summed E-state index contributed by atoms with van der Waals surface area (Å²) in [6.45, 7) is 5.59. The molecule has 0 aliphatic carbocycles. The Morgan fingerprint density at radius 2 is 1.83 bits per heavy atom. The van der Waals surface area contributed by atoms with Crippen molar-refractivity contribution in [2.24, 2.45) is 0 Å². The van der Waals surface area contributed by atoms with Gasteiger partial charge in [0.25, 0.3) is 5.56 Å². The van der Waals surface area contributed by atoms with Gasteiger partial charge in [0.2, 0.25) is 5.95 Å². The van der Waals surface area contributed by atoms with Gasteiger partial charge in [0.1, 0.15) is 11.1 Å². The van der Waals surface area contributed by atoms with Gasteiger partial charge in [-0.25, -0.2) is 4.68 Å². The number of halogens is 3. The molecule has 29 heavy (non-hydrogen) atoms. The number of ether oxygens (including phenoxy) is 2. The van der Waals surface area contributed by atoms with Crippen LogP contribution in [-0.4, -0.2) is 52.4 Å². The van der Waals surface area contributed by atoms with Crippen molar-refractivity contribution in [1.29, 1.82) is 0 Å². The number of nitrogens with zero attached hydrogens (tertiary/aromatic N) is 4. The molecule has 1 aliphatic rings. The smallest absolute Gasteiger partial charge is 0.406 e. The third-order valence-corrected chi connectivity index (χ3v) is 4.61. The SMILES string of the molecule is Cc1cc(OC(F)(F)F)cc(C)c1-n1cc2c(=O)[nH]c(N3CCOCC3)nc2n1. The topological polar surface area (TPSA) is 85.3 Å². The maximum atomic E-state index is 12.5. The number of alkyl halides is 3. The molecule has 3 aromatic rings. The maximum absolute atomic E-state index is 12.5. The highest BCUT2D eigenvalue weighted by Gasteiger charge is 2.31. The van der Waals surface area contributed by atoms with Gasteiger partial charge in [-0.05, 0) is 37.1 Å². The van der Waals surface area contributed by atoms with Gasteiger partial charge in [0, 0.05) is 19.3 Å². The summed E-state index contributed by atoms with van der Waals surface area (Å²) in [7, 11) is 0. The van der Waals surface area contributed by atoms with E-state index in [-0.39, 0.29) is 22.3 Å². The van der Waals surface area contributed by atoms with E-state index in [4.69, 9.17) is 4.74 Å². The van der Waals surface area contributed by atoms with E-state index in [9.17, 15) is 18.0 Å². The number of hydrogen-bond acceptors (Lipinski definition) is 6. The van der Waals surface area contributed by atoms with Crippen molar-refractivity contribution in [3.8, 4) is 11.4 Å². The first-order chi connectivity index (χ1) is 13.7. The van der Waals surface area contributed by atoms with Crippen LogP contribution in [0.2, 0.25) is 0 Å². The predicted molar refractivity (Wildman–Crippen MR) is 98.7 cm³/mol. The molecule has 4 rings (SSSR count). The van der Waals surface area contributed by atoms with Crippen molar-refractivity contribution in [1.82, 2.24) is 19.7 Å². The van der Waals surface area contributed by atoms with Crippen LogP contribution in [0.3, 0.4) is 0 Å². The first kappa shape index (κ1) is 19.2. The van der Waals surface area contributed by atoms with Gasteiger partial charge < -0.3 is 14.4 Å². The van der Waals surface area contributed by atoms with Crippen molar-refractivity contribution in [3.05, 3.63) is 39.8 Å². The lowest BCUT2D eigenvalue weighted by atomic mass is 10.1. The van der Waals surface area contributed by atoms with Crippen LogP contribution in [-0.2, 0) is 4.74 Å². The zero-order valence-corrected chi connectivity index (χ0v) is 15.7. The minimum Gasteiger partial charge on any atom is -0.406 e. The second-order valence-corrected chi connectivity index (χ2v) is 6.75. The van der Waals surface area contributed by atoms with E-state index >= 15 is 0 Å². The maximum Gasteiger partial charge on any atom is 0.573 e. The number of aromatic amines is 1. The Morgan fingerprint density at radius 1 is 1.17 bits per heavy atom. The summed E-state index contributed by atoms with van der Waals surface area (Å²) in [5, 5.41) is 4.68. The van der Waals surface area contributed by atoms with Crippen molar-refractivity contribution in [2.75, 3.05) is 31.2 Å². The predicted octanol–water partition coefficient (Wildman–Crippen LogP) is 2.46. The van der Waals surface area contributed by atoms with Crippen LogP contribution in [0.4, 0.5) is 19.1 Å². The molecule has 2 aromatic heterocycles. The molecule has 1 N–H and O–H groups in total. The number of morpholine rings is 1. The van der Waals surface area contributed by atoms with Crippen molar-refractivity contribution < 1.29 is 22.6 Å². The number of benzene rings is 1. The number of nitrogens with one attached hydrogen (secondary N) is 1. The number of H-pyrrole nitrogens is 1. The number of anilines is 1. The fourth-order valence-electron chi connectivity index (χ4n) is 3.41. The van der Waals surface area contributed by atoms with Crippen LogP contribution in [0.1, 0.15) is 11.1 Å². The van der Waals surface area contributed by atoms with Gasteiger partial charge in [0.15, 0.2) is 5.65 Å². The largest absolute Gasteiger partial charge is 0.573 e. The van der Waals surface area contributed by atoms with E-state index in [0.29, 0.717) is 49.1 Å². The van der Waals surface area contributed by atoms with Crippen LogP contribution in [0.25, 0.3) is 16.7 Å². The molecule has 0 unspecified atom stereocenters. The van der Waals surface area contributed by atoms with Gasteiger partial charge >= 0.3 is 6.36 Å². The summed E-state index contributed by atoms with van der Waals surface area (Å²) < 4.78 is 48.3. The molecular formula is C18H18F3N5O3. The number of hydrogen-bond donors (Lipinski definition) is 1. The van der Waals surface area contributed by atoms with Crippen LogP contribution in [0.5, 0.6) is 5.75 Å². The quantitative estimate of drug-likeness (QED) is 0.715. The Labute approximate surface area is 162 Å². The molecule has 0 amide bonds. The molecule has 1 aromatic carbocycles. The molecule has 3 heterocycles. The third-order valence-electron chi connectivity index (χ3n) is 4.61. The summed E-state index contributed by atoms with van der Waals surface area (Å²) >= 11 is 0. The Hall–Kier alpha value is -3.08. The molecule has 0 spiro atoms. The molecule has 1 aliphatic heterocycles. The summed E-state index contributed by atoms with van der Waals surface area (Å²) in [5.74, 6) is 0.108. The second kappa shape index (κ2) is 7.07. The number of aromatic nitrogens is 4. The summed E-state index contributed by atoms with van der Waals surface area (Å²) in [6.07, 6.45) is -3.25. The van der Waals surface area contributed by atoms with Crippen LogP contribution >= 0.6 is 0 Å². The molecule has 0 saturated carbocycles. The Bertz CT molecular complexity index is 1090. The second-order valence-electron chi connectivity index (χ2n) is 6.75. The molecule has 8 nitrogen and oxygen atoms in total. The molecule has 11 heteroatoms. The van der Waals surface area contributed by atoms with Gasteiger partial charge in [0.05, 0.1) is 18.9 Å². The molecule has 0 bridgehead atoms. The summed E-state index contributed by atoms with van der Waals surface area (Å²) in [4.78, 5) is 21.6. The fraction of sp³-hybridized carbons (Fsp3) is 0.389. The van der Waals surface area contributed by atoms with Gasteiger partial charge in [-0.3, -0.25) is 9.78 Å². The van der Waals surface area contributed by atoms with E-state index in [1.54, 1.807) is 13.8 Å². The van der Waals surface area contributed by atoms with E-state index in [1.807, 2.05) is 4.90 Å². The van der Waals surface area contributed by atoms with E-state index in [0.717, 1.165) is 0 Å². The van der Waals surface area contributed by atoms with Gasteiger partial charge in [-0.2, -0.15) is 4.98 Å². The van der Waals surface area contributed by atoms with E-state index in [2.05, 4.69) is 19.8 Å². The number of aryl methyl sites for hydroxylation is 2. The Morgan fingerprint density at radius 3 is 2.45 bits per heavy atom. The van der Waals surface area contributed by atoms with Crippen LogP contribution in [0.15, 0.2) is 23.1 Å².